The molecular formula is C15H18N4OS. The molecule has 0 spiro atoms. The first kappa shape index (κ1) is 14.1. The standard InChI is InChI=1S/C15H18N4OS/c1-10-4-3-5-12(8-10)16-13(20)9-21-15-18-17-14(19(15)2)11-6-7-11/h3-5,8,11H,6-7,9H2,1-2H3,(H,16,20). The number of aryl methyl sites for hydroxylation is 1. The van der Waals surface area contributed by atoms with Crippen LogP contribution in [0.2, 0.25) is 0 Å². The first-order valence-corrected chi connectivity index (χ1v) is 8.00. The lowest BCUT2D eigenvalue weighted by molar-refractivity contribution is -0.113. The number of nitrogens with one attached hydrogen (secondary N) is 1. The van der Waals surface area contributed by atoms with Gasteiger partial charge in [-0.05, 0) is 37.5 Å². The molecule has 1 aromatic carbocycles. The Morgan fingerprint density at radius 2 is 2.24 bits per heavy atom. The van der Waals surface area contributed by atoms with Crippen LogP contribution in [0.3, 0.4) is 0 Å². The summed E-state index contributed by atoms with van der Waals surface area (Å²) in [5.74, 6) is 1.92. The van der Waals surface area contributed by atoms with Gasteiger partial charge < -0.3 is 9.88 Å². The molecule has 2 aromatic rings. The third-order valence-corrected chi connectivity index (χ3v) is 4.47. The first-order valence-electron chi connectivity index (χ1n) is 7.02. The monoisotopic (exact) mass is 302 g/mol. The smallest absolute Gasteiger partial charge is 0.234 e. The van der Waals surface area contributed by atoms with Crippen molar-refractivity contribution in [2.75, 3.05) is 11.1 Å². The van der Waals surface area contributed by atoms with E-state index in [1.807, 2.05) is 42.8 Å². The van der Waals surface area contributed by atoms with Crippen LogP contribution in [0.25, 0.3) is 0 Å². The Morgan fingerprint density at radius 1 is 1.43 bits per heavy atom. The summed E-state index contributed by atoms with van der Waals surface area (Å²) in [6, 6.07) is 7.78. The lowest BCUT2D eigenvalue weighted by atomic mass is 10.2. The summed E-state index contributed by atoms with van der Waals surface area (Å²) < 4.78 is 2.00. The topological polar surface area (TPSA) is 59.8 Å². The fourth-order valence-corrected chi connectivity index (χ4v) is 2.92. The van der Waals surface area contributed by atoms with Crippen LogP contribution >= 0.6 is 11.8 Å². The number of benzene rings is 1. The van der Waals surface area contributed by atoms with E-state index in [1.54, 1.807) is 0 Å². The molecular weight excluding hydrogens is 284 g/mol. The second-order valence-corrected chi connectivity index (χ2v) is 6.32. The number of anilines is 1. The molecule has 0 bridgehead atoms. The molecule has 1 heterocycles. The number of rotatable bonds is 5. The lowest BCUT2D eigenvalue weighted by Crippen LogP contribution is -2.14. The molecule has 0 atom stereocenters. The van der Waals surface area contributed by atoms with Crippen molar-refractivity contribution in [2.24, 2.45) is 7.05 Å². The molecule has 1 aliphatic rings. The van der Waals surface area contributed by atoms with Crippen molar-refractivity contribution < 1.29 is 4.79 Å². The molecule has 1 amide bonds. The van der Waals surface area contributed by atoms with Crippen LogP contribution < -0.4 is 5.32 Å². The molecule has 1 fully saturated rings. The average molecular weight is 302 g/mol. The number of nitrogens with zero attached hydrogens (tertiary/aromatic N) is 3. The van der Waals surface area contributed by atoms with Gasteiger partial charge in [-0.2, -0.15) is 0 Å². The predicted octanol–water partition coefficient (Wildman–Crippen LogP) is 2.73. The highest BCUT2D eigenvalue weighted by molar-refractivity contribution is 7.99. The fourth-order valence-electron chi connectivity index (χ4n) is 2.20. The molecule has 0 aliphatic heterocycles. The predicted molar refractivity (Wildman–Crippen MR) is 83.5 cm³/mol. The number of hydrogen-bond acceptors (Lipinski definition) is 4. The lowest BCUT2D eigenvalue weighted by Gasteiger charge is -2.06. The SMILES string of the molecule is Cc1cccc(NC(=O)CSc2nnc(C3CC3)n2C)c1. The van der Waals surface area contributed by atoms with Gasteiger partial charge in [-0.1, -0.05) is 23.9 Å². The maximum absolute atomic E-state index is 12.0. The molecule has 1 aliphatic carbocycles. The Balaban J connectivity index is 1.56. The van der Waals surface area contributed by atoms with Crippen molar-refractivity contribution in [3.05, 3.63) is 35.7 Å². The number of carbonyl (C=O) groups excluding carboxylic acids is 1. The van der Waals surface area contributed by atoms with Crippen molar-refractivity contribution in [3.8, 4) is 0 Å². The van der Waals surface area contributed by atoms with Crippen LogP contribution in [0.4, 0.5) is 5.69 Å². The van der Waals surface area contributed by atoms with Crippen LogP contribution in [-0.2, 0) is 11.8 Å². The molecule has 1 N–H and O–H groups in total. The number of carbonyl (C=O) groups is 1. The van der Waals surface area contributed by atoms with E-state index in [1.165, 1.54) is 24.6 Å². The largest absolute Gasteiger partial charge is 0.325 e. The van der Waals surface area contributed by atoms with Gasteiger partial charge in [0.25, 0.3) is 0 Å². The minimum absolute atomic E-state index is 0.0263. The van der Waals surface area contributed by atoms with Gasteiger partial charge in [0.2, 0.25) is 5.91 Å². The van der Waals surface area contributed by atoms with Gasteiger partial charge in [-0.3, -0.25) is 4.79 Å². The van der Waals surface area contributed by atoms with E-state index < -0.39 is 0 Å². The van der Waals surface area contributed by atoms with Crippen LogP contribution in [0.1, 0.15) is 30.1 Å². The number of thioether (sulfide) groups is 1. The molecule has 3 rings (SSSR count). The molecule has 6 heteroatoms. The highest BCUT2D eigenvalue weighted by Crippen LogP contribution is 2.39. The maximum Gasteiger partial charge on any atom is 0.234 e. The summed E-state index contributed by atoms with van der Waals surface area (Å²) in [4.78, 5) is 12.0. The van der Waals surface area contributed by atoms with Gasteiger partial charge in [0, 0.05) is 18.7 Å². The molecule has 0 saturated heterocycles. The van der Waals surface area contributed by atoms with Crippen molar-refractivity contribution in [1.82, 2.24) is 14.8 Å². The van der Waals surface area contributed by atoms with E-state index in [2.05, 4.69) is 15.5 Å². The summed E-state index contributed by atoms with van der Waals surface area (Å²) in [5, 5.41) is 12.1. The number of amides is 1. The third-order valence-electron chi connectivity index (χ3n) is 3.45. The second-order valence-electron chi connectivity index (χ2n) is 5.38. The highest BCUT2D eigenvalue weighted by Gasteiger charge is 2.29. The average Bonchev–Trinajstić information content (AvgIpc) is 3.21. The molecule has 1 aromatic heterocycles. The molecule has 0 radical (unpaired) electrons. The van der Waals surface area contributed by atoms with Gasteiger partial charge in [0.15, 0.2) is 5.16 Å². The first-order chi connectivity index (χ1) is 10.1. The van der Waals surface area contributed by atoms with E-state index in [9.17, 15) is 4.79 Å². The van der Waals surface area contributed by atoms with Gasteiger partial charge in [-0.15, -0.1) is 10.2 Å². The summed E-state index contributed by atoms with van der Waals surface area (Å²) in [5.41, 5.74) is 1.96. The normalized spacial score (nSPS) is 14.2. The molecule has 0 unspecified atom stereocenters. The minimum atomic E-state index is -0.0263. The van der Waals surface area contributed by atoms with Gasteiger partial charge in [0.1, 0.15) is 5.82 Å². The molecule has 1 saturated carbocycles. The van der Waals surface area contributed by atoms with Crippen LogP contribution in [0.5, 0.6) is 0 Å². The zero-order valence-electron chi connectivity index (χ0n) is 12.2. The van der Waals surface area contributed by atoms with E-state index in [0.717, 1.165) is 22.2 Å². The van der Waals surface area contributed by atoms with Crippen molar-refractivity contribution in [2.45, 2.75) is 30.8 Å². The van der Waals surface area contributed by atoms with E-state index >= 15 is 0 Å². The van der Waals surface area contributed by atoms with Crippen LogP contribution in [0, 0.1) is 6.92 Å². The quantitative estimate of drug-likeness (QED) is 0.863. The Bertz CT molecular complexity index is 663. The molecule has 110 valence electrons. The number of aromatic nitrogens is 3. The van der Waals surface area contributed by atoms with E-state index in [-0.39, 0.29) is 5.91 Å². The summed E-state index contributed by atoms with van der Waals surface area (Å²) in [7, 11) is 1.97. The number of hydrogen-bond donors (Lipinski definition) is 1. The van der Waals surface area contributed by atoms with Crippen molar-refractivity contribution >= 4 is 23.4 Å². The summed E-state index contributed by atoms with van der Waals surface area (Å²) in [6.45, 7) is 2.00. The van der Waals surface area contributed by atoms with Crippen molar-refractivity contribution in [3.63, 3.8) is 0 Å². The van der Waals surface area contributed by atoms with Gasteiger partial charge in [0.05, 0.1) is 5.75 Å². The maximum atomic E-state index is 12.0. The third kappa shape index (κ3) is 3.44. The summed E-state index contributed by atoms with van der Waals surface area (Å²) in [6.07, 6.45) is 2.40. The fraction of sp³-hybridized carbons (Fsp3) is 0.400. The Hall–Kier alpha value is -1.82. The Morgan fingerprint density at radius 3 is 2.95 bits per heavy atom. The highest BCUT2D eigenvalue weighted by atomic mass is 32.2. The van der Waals surface area contributed by atoms with E-state index in [4.69, 9.17) is 0 Å². The second kappa shape index (κ2) is 5.89. The van der Waals surface area contributed by atoms with Crippen LogP contribution in [-0.4, -0.2) is 26.4 Å². The summed E-state index contributed by atoms with van der Waals surface area (Å²) >= 11 is 1.42. The molecule has 21 heavy (non-hydrogen) atoms. The van der Waals surface area contributed by atoms with Crippen LogP contribution in [0.15, 0.2) is 29.4 Å². The minimum Gasteiger partial charge on any atom is -0.325 e. The Labute approximate surface area is 128 Å². The zero-order valence-corrected chi connectivity index (χ0v) is 13.0. The Kier molecular flexibility index (Phi) is 3.96. The van der Waals surface area contributed by atoms with Gasteiger partial charge >= 0.3 is 0 Å². The molecule has 5 nitrogen and oxygen atoms in total. The van der Waals surface area contributed by atoms with Gasteiger partial charge in [-0.25, -0.2) is 0 Å². The zero-order chi connectivity index (χ0) is 14.8. The van der Waals surface area contributed by atoms with E-state index in [0.29, 0.717) is 11.7 Å². The van der Waals surface area contributed by atoms with Crippen molar-refractivity contribution in [1.29, 1.82) is 0 Å².